The van der Waals surface area contributed by atoms with Crippen LogP contribution >= 0.6 is 0 Å². The van der Waals surface area contributed by atoms with E-state index in [1.54, 1.807) is 18.2 Å². The predicted molar refractivity (Wildman–Crippen MR) is 119 cm³/mol. The summed E-state index contributed by atoms with van der Waals surface area (Å²) in [4.78, 5) is 21.1. The van der Waals surface area contributed by atoms with E-state index in [0.717, 1.165) is 29.7 Å². The Hall–Kier alpha value is -3.93. The number of anilines is 3. The van der Waals surface area contributed by atoms with Crippen molar-refractivity contribution in [3.8, 4) is 0 Å². The Morgan fingerprint density at radius 1 is 0.933 bits per heavy atom. The molecule has 0 spiro atoms. The van der Waals surface area contributed by atoms with Crippen LogP contribution in [-0.4, -0.2) is 29.6 Å². The van der Waals surface area contributed by atoms with Gasteiger partial charge in [-0.05, 0) is 42.3 Å². The fourth-order valence-corrected chi connectivity index (χ4v) is 3.21. The summed E-state index contributed by atoms with van der Waals surface area (Å²) in [7, 11) is 1.36. The highest BCUT2D eigenvalue weighted by Crippen LogP contribution is 2.24. The van der Waals surface area contributed by atoms with E-state index in [9.17, 15) is 4.79 Å². The number of aromatic nitrogens is 2. The molecule has 0 atom stereocenters. The second kappa shape index (κ2) is 9.05. The zero-order chi connectivity index (χ0) is 20.8. The number of carbonyl (C=O) groups excluding carboxylic acids is 1. The molecule has 1 aromatic heterocycles. The van der Waals surface area contributed by atoms with Gasteiger partial charge < -0.3 is 15.4 Å². The van der Waals surface area contributed by atoms with E-state index in [4.69, 9.17) is 4.74 Å². The van der Waals surface area contributed by atoms with Crippen molar-refractivity contribution >= 4 is 34.3 Å². The molecular weight excluding hydrogens is 376 g/mol. The first-order valence-corrected chi connectivity index (χ1v) is 9.73. The fraction of sp³-hybridized carbons (Fsp3) is 0.125. The third kappa shape index (κ3) is 4.55. The molecule has 6 nitrogen and oxygen atoms in total. The van der Waals surface area contributed by atoms with E-state index in [0.29, 0.717) is 17.2 Å². The summed E-state index contributed by atoms with van der Waals surface area (Å²) in [5.41, 5.74) is 3.27. The Balaban J connectivity index is 1.57. The Labute approximate surface area is 175 Å². The van der Waals surface area contributed by atoms with Crippen LogP contribution in [0.1, 0.15) is 15.9 Å². The number of para-hydroxylation sites is 1. The van der Waals surface area contributed by atoms with E-state index < -0.39 is 0 Å². The molecule has 0 saturated carbocycles. The first kappa shape index (κ1) is 19.4. The number of hydrogen-bond donors (Lipinski definition) is 2. The number of carbonyl (C=O) groups is 1. The van der Waals surface area contributed by atoms with Gasteiger partial charge >= 0.3 is 5.97 Å². The van der Waals surface area contributed by atoms with Gasteiger partial charge in [-0.2, -0.15) is 4.98 Å². The maximum Gasteiger partial charge on any atom is 0.337 e. The highest BCUT2D eigenvalue weighted by Gasteiger charge is 2.10. The standard InChI is InChI=1S/C24H22N4O2/c1-30-23(29)18-10-7-11-19(16-18)26-24-27-21-13-6-5-12-20(21)22(28-24)25-15-14-17-8-3-2-4-9-17/h2-13,16H,14-15H2,1H3,(H2,25,26,27,28). The molecule has 0 radical (unpaired) electrons. The summed E-state index contributed by atoms with van der Waals surface area (Å²) in [5.74, 6) is 0.836. The molecular formula is C24H22N4O2. The van der Waals surface area contributed by atoms with Crippen molar-refractivity contribution in [2.24, 2.45) is 0 Å². The van der Waals surface area contributed by atoms with E-state index in [1.165, 1.54) is 12.7 Å². The average Bonchev–Trinajstić information content (AvgIpc) is 2.79. The van der Waals surface area contributed by atoms with E-state index in [1.807, 2.05) is 48.5 Å². The first-order chi connectivity index (χ1) is 14.7. The Morgan fingerprint density at radius 3 is 2.57 bits per heavy atom. The van der Waals surface area contributed by atoms with E-state index in [2.05, 4.69) is 32.7 Å². The highest BCUT2D eigenvalue weighted by atomic mass is 16.5. The van der Waals surface area contributed by atoms with E-state index in [-0.39, 0.29) is 5.97 Å². The van der Waals surface area contributed by atoms with Gasteiger partial charge in [0, 0.05) is 17.6 Å². The number of benzene rings is 3. The molecule has 0 amide bonds. The van der Waals surface area contributed by atoms with Gasteiger partial charge in [0.15, 0.2) is 0 Å². The predicted octanol–water partition coefficient (Wildman–Crippen LogP) is 4.81. The third-order valence-corrected chi connectivity index (χ3v) is 4.69. The molecule has 0 aliphatic heterocycles. The van der Waals surface area contributed by atoms with Crippen molar-refractivity contribution in [2.45, 2.75) is 6.42 Å². The lowest BCUT2D eigenvalue weighted by Gasteiger charge is -2.12. The number of nitrogens with one attached hydrogen (secondary N) is 2. The van der Waals surface area contributed by atoms with Gasteiger partial charge in [-0.25, -0.2) is 9.78 Å². The van der Waals surface area contributed by atoms with Crippen LogP contribution in [0.2, 0.25) is 0 Å². The van der Waals surface area contributed by atoms with Crippen LogP contribution in [0.5, 0.6) is 0 Å². The Bertz CT molecular complexity index is 1160. The molecule has 6 heteroatoms. The lowest BCUT2D eigenvalue weighted by Crippen LogP contribution is -2.09. The number of rotatable bonds is 7. The summed E-state index contributed by atoms with van der Waals surface area (Å²) in [5, 5.41) is 7.59. The molecule has 0 bridgehead atoms. The molecule has 4 rings (SSSR count). The number of esters is 1. The molecule has 3 aromatic carbocycles. The van der Waals surface area contributed by atoms with Gasteiger partial charge in [0.2, 0.25) is 5.95 Å². The number of hydrogen-bond acceptors (Lipinski definition) is 6. The molecule has 0 unspecified atom stereocenters. The minimum Gasteiger partial charge on any atom is -0.465 e. The first-order valence-electron chi connectivity index (χ1n) is 9.73. The normalized spacial score (nSPS) is 10.6. The molecule has 30 heavy (non-hydrogen) atoms. The molecule has 0 aliphatic carbocycles. The monoisotopic (exact) mass is 398 g/mol. The van der Waals surface area contributed by atoms with Crippen molar-refractivity contribution in [1.29, 1.82) is 0 Å². The van der Waals surface area contributed by atoms with Crippen molar-refractivity contribution in [3.63, 3.8) is 0 Å². The van der Waals surface area contributed by atoms with Gasteiger partial charge in [0.1, 0.15) is 5.82 Å². The molecule has 0 aliphatic rings. The minimum absolute atomic E-state index is 0.388. The van der Waals surface area contributed by atoms with Crippen LogP contribution < -0.4 is 10.6 Å². The maximum atomic E-state index is 11.8. The van der Waals surface area contributed by atoms with Gasteiger partial charge in [0.05, 0.1) is 18.2 Å². The minimum atomic E-state index is -0.388. The number of nitrogens with zero attached hydrogens (tertiary/aromatic N) is 2. The summed E-state index contributed by atoms with van der Waals surface area (Å²) >= 11 is 0. The molecule has 0 fully saturated rings. The van der Waals surface area contributed by atoms with Crippen molar-refractivity contribution in [3.05, 3.63) is 90.0 Å². The Morgan fingerprint density at radius 2 is 1.73 bits per heavy atom. The van der Waals surface area contributed by atoms with Crippen LogP contribution in [0.15, 0.2) is 78.9 Å². The lowest BCUT2D eigenvalue weighted by molar-refractivity contribution is 0.0601. The summed E-state index contributed by atoms with van der Waals surface area (Å²) in [6.45, 7) is 0.752. The number of methoxy groups -OCH3 is 1. The Kier molecular flexibility index (Phi) is 5.85. The molecule has 0 saturated heterocycles. The van der Waals surface area contributed by atoms with Crippen molar-refractivity contribution in [1.82, 2.24) is 9.97 Å². The van der Waals surface area contributed by atoms with Crippen LogP contribution in [0.3, 0.4) is 0 Å². The maximum absolute atomic E-state index is 11.8. The summed E-state index contributed by atoms with van der Waals surface area (Å²) in [6, 6.07) is 25.3. The third-order valence-electron chi connectivity index (χ3n) is 4.69. The van der Waals surface area contributed by atoms with Crippen LogP contribution in [0, 0.1) is 0 Å². The zero-order valence-electron chi connectivity index (χ0n) is 16.6. The second-order valence-electron chi connectivity index (χ2n) is 6.77. The topological polar surface area (TPSA) is 76.1 Å². The van der Waals surface area contributed by atoms with Crippen LogP contribution in [-0.2, 0) is 11.2 Å². The summed E-state index contributed by atoms with van der Waals surface area (Å²) < 4.78 is 4.79. The lowest BCUT2D eigenvalue weighted by atomic mass is 10.1. The van der Waals surface area contributed by atoms with E-state index >= 15 is 0 Å². The zero-order valence-corrected chi connectivity index (χ0v) is 16.6. The van der Waals surface area contributed by atoms with Gasteiger partial charge in [-0.1, -0.05) is 48.5 Å². The van der Waals surface area contributed by atoms with Crippen LogP contribution in [0.4, 0.5) is 17.5 Å². The second-order valence-corrected chi connectivity index (χ2v) is 6.77. The van der Waals surface area contributed by atoms with Crippen LogP contribution in [0.25, 0.3) is 10.9 Å². The van der Waals surface area contributed by atoms with Gasteiger partial charge in [-0.15, -0.1) is 0 Å². The summed E-state index contributed by atoms with van der Waals surface area (Å²) in [6.07, 6.45) is 0.892. The number of ether oxygens (including phenoxy) is 1. The highest BCUT2D eigenvalue weighted by molar-refractivity contribution is 5.91. The number of fused-ring (bicyclic) bond motifs is 1. The smallest absolute Gasteiger partial charge is 0.337 e. The van der Waals surface area contributed by atoms with Crippen molar-refractivity contribution < 1.29 is 9.53 Å². The molecule has 1 heterocycles. The quantitative estimate of drug-likeness (QED) is 0.435. The fourth-order valence-electron chi connectivity index (χ4n) is 3.21. The largest absolute Gasteiger partial charge is 0.465 e. The SMILES string of the molecule is COC(=O)c1cccc(Nc2nc(NCCc3ccccc3)c3ccccc3n2)c1. The molecule has 4 aromatic rings. The van der Waals surface area contributed by atoms with Gasteiger partial charge in [-0.3, -0.25) is 0 Å². The average molecular weight is 398 g/mol. The van der Waals surface area contributed by atoms with Gasteiger partial charge in [0.25, 0.3) is 0 Å². The molecule has 150 valence electrons. The van der Waals surface area contributed by atoms with Crippen molar-refractivity contribution in [2.75, 3.05) is 24.3 Å². The molecule has 2 N–H and O–H groups in total.